The van der Waals surface area contributed by atoms with E-state index in [0.29, 0.717) is 5.69 Å². The van der Waals surface area contributed by atoms with E-state index in [4.69, 9.17) is 0 Å². The van der Waals surface area contributed by atoms with Crippen molar-refractivity contribution in [2.75, 3.05) is 6.54 Å². The minimum absolute atomic E-state index is 0.00240. The monoisotopic (exact) mass is 302 g/mol. The number of hydrogen-bond donors (Lipinski definition) is 2. The molecule has 7 heteroatoms. The summed E-state index contributed by atoms with van der Waals surface area (Å²) < 4.78 is 1.65. The van der Waals surface area contributed by atoms with E-state index < -0.39 is 0 Å². The zero-order valence-corrected chi connectivity index (χ0v) is 13.3. The molecule has 1 atom stereocenters. The smallest absolute Gasteiger partial charge is 0.244 e. The van der Waals surface area contributed by atoms with Crippen LogP contribution in [0, 0.1) is 0 Å². The van der Waals surface area contributed by atoms with Crippen LogP contribution in [0.3, 0.4) is 0 Å². The fraction of sp³-hybridized carbons (Fsp3) is 0.600. The van der Waals surface area contributed by atoms with Crippen molar-refractivity contribution < 1.29 is 4.79 Å². The van der Waals surface area contributed by atoms with Crippen molar-refractivity contribution in [3.05, 3.63) is 18.0 Å². The SMILES string of the molecule is CC(C)(C)c1cc(-c2cn([C@H]3CCCCNC3=O)nn2)n[nH]1. The highest BCUT2D eigenvalue weighted by atomic mass is 16.2. The van der Waals surface area contributed by atoms with Crippen LogP contribution in [0.25, 0.3) is 11.4 Å². The van der Waals surface area contributed by atoms with Gasteiger partial charge in [-0.2, -0.15) is 5.10 Å². The Hall–Kier alpha value is -2.18. The number of carbonyl (C=O) groups is 1. The highest BCUT2D eigenvalue weighted by Gasteiger charge is 2.24. The molecule has 1 amide bonds. The average molecular weight is 302 g/mol. The third kappa shape index (κ3) is 2.88. The van der Waals surface area contributed by atoms with E-state index >= 15 is 0 Å². The number of carbonyl (C=O) groups excluding carboxylic acids is 1. The second-order valence-electron chi connectivity index (χ2n) is 6.80. The molecular formula is C15H22N6O. The van der Waals surface area contributed by atoms with Gasteiger partial charge in [-0.15, -0.1) is 5.10 Å². The van der Waals surface area contributed by atoms with E-state index in [2.05, 4.69) is 46.6 Å². The largest absolute Gasteiger partial charge is 0.354 e. The van der Waals surface area contributed by atoms with Crippen LogP contribution in [-0.2, 0) is 10.2 Å². The van der Waals surface area contributed by atoms with Gasteiger partial charge in [-0.05, 0) is 25.3 Å². The fourth-order valence-electron chi connectivity index (χ4n) is 2.56. The van der Waals surface area contributed by atoms with Crippen molar-refractivity contribution in [3.63, 3.8) is 0 Å². The predicted octanol–water partition coefficient (Wildman–Crippen LogP) is 1.81. The molecule has 0 bridgehead atoms. The first-order valence-corrected chi connectivity index (χ1v) is 7.71. The van der Waals surface area contributed by atoms with Gasteiger partial charge in [0.2, 0.25) is 5.91 Å². The zero-order chi connectivity index (χ0) is 15.7. The minimum atomic E-state index is -0.273. The number of aromatic amines is 1. The molecule has 2 aromatic heterocycles. The van der Waals surface area contributed by atoms with E-state index in [1.807, 2.05) is 6.07 Å². The van der Waals surface area contributed by atoms with Crippen LogP contribution in [0.2, 0.25) is 0 Å². The summed E-state index contributed by atoms with van der Waals surface area (Å²) in [6.45, 7) is 7.11. The minimum Gasteiger partial charge on any atom is -0.354 e. The quantitative estimate of drug-likeness (QED) is 0.885. The Labute approximate surface area is 129 Å². The number of nitrogens with zero attached hydrogens (tertiary/aromatic N) is 4. The van der Waals surface area contributed by atoms with Crippen molar-refractivity contribution >= 4 is 5.91 Å². The summed E-state index contributed by atoms with van der Waals surface area (Å²) >= 11 is 0. The van der Waals surface area contributed by atoms with E-state index in [0.717, 1.165) is 37.2 Å². The molecule has 3 heterocycles. The predicted molar refractivity (Wildman–Crippen MR) is 82.2 cm³/mol. The summed E-state index contributed by atoms with van der Waals surface area (Å²) in [5.41, 5.74) is 2.49. The molecular weight excluding hydrogens is 280 g/mol. The van der Waals surface area contributed by atoms with Gasteiger partial charge >= 0.3 is 0 Å². The number of aromatic nitrogens is 5. The summed E-state index contributed by atoms with van der Waals surface area (Å²) in [5.74, 6) is 0.0198. The van der Waals surface area contributed by atoms with E-state index in [-0.39, 0.29) is 17.4 Å². The lowest BCUT2D eigenvalue weighted by molar-refractivity contribution is -0.124. The summed E-state index contributed by atoms with van der Waals surface area (Å²) in [6, 6.07) is 1.71. The van der Waals surface area contributed by atoms with Gasteiger partial charge in [-0.1, -0.05) is 26.0 Å². The van der Waals surface area contributed by atoms with Crippen LogP contribution < -0.4 is 5.32 Å². The number of nitrogens with one attached hydrogen (secondary N) is 2. The lowest BCUT2D eigenvalue weighted by atomic mass is 9.92. The van der Waals surface area contributed by atoms with Crippen molar-refractivity contribution in [1.29, 1.82) is 0 Å². The third-order valence-corrected chi connectivity index (χ3v) is 3.98. The molecule has 2 aromatic rings. The van der Waals surface area contributed by atoms with E-state index in [9.17, 15) is 4.79 Å². The summed E-state index contributed by atoms with van der Waals surface area (Å²) in [7, 11) is 0. The molecule has 0 radical (unpaired) electrons. The molecule has 1 fully saturated rings. The summed E-state index contributed by atoms with van der Waals surface area (Å²) in [5, 5.41) is 18.6. The van der Waals surface area contributed by atoms with Crippen molar-refractivity contribution in [2.45, 2.75) is 51.5 Å². The first-order valence-electron chi connectivity index (χ1n) is 7.71. The average Bonchev–Trinajstić information content (AvgIpc) is 3.06. The molecule has 22 heavy (non-hydrogen) atoms. The Morgan fingerprint density at radius 3 is 2.82 bits per heavy atom. The topological polar surface area (TPSA) is 88.5 Å². The maximum atomic E-state index is 12.1. The van der Waals surface area contributed by atoms with Crippen LogP contribution in [0.15, 0.2) is 12.3 Å². The zero-order valence-electron chi connectivity index (χ0n) is 13.3. The fourth-order valence-corrected chi connectivity index (χ4v) is 2.56. The summed E-state index contributed by atoms with van der Waals surface area (Å²) in [6.07, 6.45) is 4.62. The summed E-state index contributed by atoms with van der Waals surface area (Å²) in [4.78, 5) is 12.1. The van der Waals surface area contributed by atoms with E-state index in [1.165, 1.54) is 0 Å². The molecule has 2 N–H and O–H groups in total. The molecule has 0 saturated carbocycles. The molecule has 7 nitrogen and oxygen atoms in total. The van der Waals surface area contributed by atoms with Crippen LogP contribution in [0.4, 0.5) is 0 Å². The van der Waals surface area contributed by atoms with Crippen LogP contribution in [0.5, 0.6) is 0 Å². The molecule has 3 rings (SSSR count). The van der Waals surface area contributed by atoms with Gasteiger partial charge in [-0.25, -0.2) is 4.68 Å². The second-order valence-corrected chi connectivity index (χ2v) is 6.80. The van der Waals surface area contributed by atoms with Crippen LogP contribution in [-0.4, -0.2) is 37.6 Å². The van der Waals surface area contributed by atoms with Gasteiger partial charge in [0.15, 0.2) is 0 Å². The second kappa shape index (κ2) is 5.55. The maximum Gasteiger partial charge on any atom is 0.244 e. The Balaban J connectivity index is 1.84. The van der Waals surface area contributed by atoms with Gasteiger partial charge in [0.1, 0.15) is 17.4 Å². The third-order valence-electron chi connectivity index (χ3n) is 3.98. The Bertz CT molecular complexity index is 666. The Kier molecular flexibility index (Phi) is 3.72. The van der Waals surface area contributed by atoms with Crippen molar-refractivity contribution in [2.24, 2.45) is 0 Å². The van der Waals surface area contributed by atoms with Crippen LogP contribution >= 0.6 is 0 Å². The lowest BCUT2D eigenvalue weighted by Crippen LogP contribution is -2.31. The first kappa shape index (κ1) is 14.7. The van der Waals surface area contributed by atoms with Crippen molar-refractivity contribution in [3.8, 4) is 11.4 Å². The molecule has 1 saturated heterocycles. The standard InChI is InChI=1S/C15H22N6O/c1-15(2,3)13-8-10(17-19-13)11-9-21(20-18-11)12-6-4-5-7-16-14(12)22/h8-9,12H,4-7H2,1-3H3,(H,16,22)(H,17,19)/t12-/m0/s1. The van der Waals surface area contributed by atoms with Gasteiger partial charge in [0.05, 0.1) is 6.20 Å². The molecule has 118 valence electrons. The first-order chi connectivity index (χ1) is 10.4. The lowest BCUT2D eigenvalue weighted by Gasteiger charge is -2.14. The van der Waals surface area contributed by atoms with Gasteiger partial charge in [-0.3, -0.25) is 9.89 Å². The number of H-pyrrole nitrogens is 1. The number of amides is 1. The molecule has 0 aliphatic carbocycles. The van der Waals surface area contributed by atoms with Crippen LogP contribution in [0.1, 0.15) is 51.8 Å². The molecule has 1 aliphatic heterocycles. The highest BCUT2D eigenvalue weighted by molar-refractivity contribution is 5.80. The van der Waals surface area contributed by atoms with Gasteiger partial charge < -0.3 is 5.32 Å². The molecule has 0 spiro atoms. The number of rotatable bonds is 2. The normalized spacial score (nSPS) is 19.8. The maximum absolute atomic E-state index is 12.1. The van der Waals surface area contributed by atoms with Gasteiger partial charge in [0, 0.05) is 17.7 Å². The molecule has 1 aliphatic rings. The van der Waals surface area contributed by atoms with Gasteiger partial charge in [0.25, 0.3) is 0 Å². The van der Waals surface area contributed by atoms with E-state index in [1.54, 1.807) is 10.9 Å². The molecule has 0 unspecified atom stereocenters. The highest BCUT2D eigenvalue weighted by Crippen LogP contribution is 2.25. The Morgan fingerprint density at radius 1 is 1.27 bits per heavy atom. The van der Waals surface area contributed by atoms with Crippen molar-refractivity contribution in [1.82, 2.24) is 30.5 Å². The number of hydrogen-bond acceptors (Lipinski definition) is 4. The Morgan fingerprint density at radius 2 is 2.09 bits per heavy atom. The molecule has 0 aromatic carbocycles.